The lowest BCUT2D eigenvalue weighted by molar-refractivity contribution is 0.186. The van der Waals surface area contributed by atoms with E-state index in [0.29, 0.717) is 45.9 Å². The highest BCUT2D eigenvalue weighted by molar-refractivity contribution is 6.31. The Kier molecular flexibility index (Phi) is 7.27. The molecule has 0 spiro atoms. The van der Waals surface area contributed by atoms with Gasteiger partial charge in [-0.05, 0) is 77.4 Å². The van der Waals surface area contributed by atoms with Crippen LogP contribution in [0.2, 0.25) is 5.02 Å². The van der Waals surface area contributed by atoms with Crippen molar-refractivity contribution in [3.63, 3.8) is 0 Å². The molecule has 1 amide bonds. The number of pyridine rings is 1. The fraction of sp³-hybridized carbons (Fsp3) is 0.214. The molecule has 214 valence electrons. The maximum Gasteiger partial charge on any atom is 0.411 e. The molecule has 0 unspecified atom stereocenters. The van der Waals surface area contributed by atoms with Crippen LogP contribution in [0.25, 0.3) is 28.2 Å². The van der Waals surface area contributed by atoms with Gasteiger partial charge >= 0.3 is 6.09 Å². The number of benzene rings is 2. The number of aromatic amines is 1. The molecule has 0 bridgehead atoms. The molecule has 1 atom stereocenters. The monoisotopic (exact) mass is 590 g/mol. The first-order chi connectivity index (χ1) is 20.3. The second-order valence-corrected chi connectivity index (χ2v) is 10.1. The van der Waals surface area contributed by atoms with E-state index >= 15 is 4.39 Å². The topological polar surface area (TPSA) is 144 Å². The highest BCUT2D eigenvalue weighted by Gasteiger charge is 2.30. The average molecular weight is 591 g/mol. The van der Waals surface area contributed by atoms with Crippen LogP contribution in [0, 0.1) is 5.95 Å². The van der Waals surface area contributed by atoms with Gasteiger partial charge in [0.15, 0.2) is 0 Å². The van der Waals surface area contributed by atoms with Crippen LogP contribution in [0.3, 0.4) is 0 Å². The lowest BCUT2D eigenvalue weighted by Crippen LogP contribution is -2.32. The van der Waals surface area contributed by atoms with Crippen molar-refractivity contribution in [1.82, 2.24) is 34.7 Å². The Labute approximate surface area is 243 Å². The van der Waals surface area contributed by atoms with Gasteiger partial charge in [0.1, 0.15) is 12.2 Å². The first kappa shape index (κ1) is 27.3. The van der Waals surface area contributed by atoms with Gasteiger partial charge in [-0.25, -0.2) is 9.78 Å². The number of carboxylic acid groups (broad SMARTS) is 1. The number of aromatic nitrogens is 7. The van der Waals surface area contributed by atoms with Crippen LogP contribution in [-0.2, 0) is 11.2 Å². The summed E-state index contributed by atoms with van der Waals surface area (Å²) in [4.78, 5) is 33.4. The van der Waals surface area contributed by atoms with Gasteiger partial charge in [0.25, 0.3) is 5.56 Å². The van der Waals surface area contributed by atoms with E-state index in [-0.39, 0.29) is 30.2 Å². The van der Waals surface area contributed by atoms with E-state index in [1.54, 1.807) is 47.0 Å². The van der Waals surface area contributed by atoms with E-state index in [4.69, 9.17) is 16.3 Å². The van der Waals surface area contributed by atoms with Gasteiger partial charge in [0.2, 0.25) is 5.95 Å². The Morgan fingerprint density at radius 1 is 1.19 bits per heavy atom. The third-order valence-corrected chi connectivity index (χ3v) is 7.45. The third kappa shape index (κ3) is 5.03. The number of halogens is 2. The van der Waals surface area contributed by atoms with Crippen LogP contribution in [0.4, 0.5) is 14.9 Å². The second-order valence-electron chi connectivity index (χ2n) is 9.68. The summed E-state index contributed by atoms with van der Waals surface area (Å²) in [5.74, 6) is -0.429. The lowest BCUT2D eigenvalue weighted by atomic mass is 10.0. The molecule has 5 aromatic rings. The average Bonchev–Trinajstić information content (AvgIpc) is 3.74. The predicted octanol–water partition coefficient (Wildman–Crippen LogP) is 4.34. The van der Waals surface area contributed by atoms with Crippen molar-refractivity contribution in [3.8, 4) is 28.2 Å². The number of nitrogens with zero attached hydrogens (tertiary/aromatic N) is 7. The zero-order chi connectivity index (χ0) is 29.4. The third-order valence-electron chi connectivity index (χ3n) is 7.22. The first-order valence-electron chi connectivity index (χ1n) is 13.0. The Morgan fingerprint density at radius 3 is 2.71 bits per heavy atom. The van der Waals surface area contributed by atoms with Crippen molar-refractivity contribution in [1.29, 1.82) is 0 Å². The van der Waals surface area contributed by atoms with Crippen molar-refractivity contribution in [2.24, 2.45) is 0 Å². The maximum absolute atomic E-state index is 15.2. The number of methoxy groups -OCH3 is 1. The van der Waals surface area contributed by atoms with E-state index in [2.05, 4.69) is 25.5 Å². The Balaban J connectivity index is 1.31. The number of nitrogens with one attached hydrogen (secondary N) is 1. The van der Waals surface area contributed by atoms with E-state index in [9.17, 15) is 14.7 Å². The Hall–Kier alpha value is -4.88. The van der Waals surface area contributed by atoms with Crippen LogP contribution in [-0.4, -0.2) is 66.2 Å². The number of anilines is 1. The summed E-state index contributed by atoms with van der Waals surface area (Å²) in [5, 5.41) is 21.4. The van der Waals surface area contributed by atoms with Crippen molar-refractivity contribution >= 4 is 23.4 Å². The number of rotatable bonds is 8. The quantitative estimate of drug-likeness (QED) is 0.272. The molecular formula is C28H24ClFN8O4. The molecule has 2 aromatic carbocycles. The van der Waals surface area contributed by atoms with E-state index in [0.717, 1.165) is 10.6 Å². The van der Waals surface area contributed by atoms with Gasteiger partial charge in [0.05, 0.1) is 30.6 Å². The number of hydrogen-bond acceptors (Lipinski definition) is 7. The molecule has 42 heavy (non-hydrogen) atoms. The van der Waals surface area contributed by atoms with Gasteiger partial charge in [-0.3, -0.25) is 9.69 Å². The van der Waals surface area contributed by atoms with E-state index < -0.39 is 18.1 Å². The van der Waals surface area contributed by atoms with Crippen molar-refractivity contribution in [2.45, 2.75) is 18.9 Å². The highest BCUT2D eigenvalue weighted by Crippen LogP contribution is 2.35. The predicted molar refractivity (Wildman–Crippen MR) is 152 cm³/mol. The molecule has 0 radical (unpaired) electrons. The van der Waals surface area contributed by atoms with Gasteiger partial charge < -0.3 is 19.4 Å². The molecular weight excluding hydrogens is 567 g/mol. The van der Waals surface area contributed by atoms with Crippen LogP contribution >= 0.6 is 11.6 Å². The molecule has 14 heteroatoms. The van der Waals surface area contributed by atoms with Crippen molar-refractivity contribution in [2.75, 3.05) is 25.2 Å². The number of aryl methyl sites for hydroxylation is 1. The number of fused-ring (bicyclic) bond motifs is 1. The Morgan fingerprint density at radius 2 is 2.00 bits per heavy atom. The van der Waals surface area contributed by atoms with Crippen LogP contribution < -0.4 is 10.5 Å². The largest absolute Gasteiger partial charge is 0.465 e. The number of H-pyrrole nitrogens is 1. The summed E-state index contributed by atoms with van der Waals surface area (Å²) >= 11 is 6.29. The first-order valence-corrected chi connectivity index (χ1v) is 13.4. The summed E-state index contributed by atoms with van der Waals surface area (Å²) < 4.78 is 23.3. The number of imidazole rings is 1. The fourth-order valence-corrected chi connectivity index (χ4v) is 5.45. The SMILES string of the molecule is COCCN(C(=O)O)c1ccc(-c2nc(F)c([C@@H]3CCc4cc(-c5cc(Cl)ccc5-n5cnnn5)cc(=O)n43)[nH]2)cc1. The molecule has 4 heterocycles. The Bertz CT molecular complexity index is 1820. The molecule has 1 aliphatic rings. The number of hydrogen-bond donors (Lipinski definition) is 2. The number of amides is 1. The molecule has 3 aromatic heterocycles. The van der Waals surface area contributed by atoms with Gasteiger partial charge in [-0.15, -0.1) is 5.10 Å². The number of tetrazole rings is 1. The highest BCUT2D eigenvalue weighted by atomic mass is 35.5. The number of ether oxygens (including phenoxy) is 1. The summed E-state index contributed by atoms with van der Waals surface area (Å²) in [7, 11) is 1.50. The van der Waals surface area contributed by atoms with Crippen molar-refractivity contribution in [3.05, 3.63) is 93.6 Å². The normalized spacial score (nSPS) is 14.2. The minimum atomic E-state index is -1.11. The van der Waals surface area contributed by atoms with E-state index in [1.165, 1.54) is 24.2 Å². The summed E-state index contributed by atoms with van der Waals surface area (Å²) in [6.45, 7) is 0.405. The smallest absolute Gasteiger partial charge is 0.411 e. The molecule has 0 saturated carbocycles. The molecule has 12 nitrogen and oxygen atoms in total. The van der Waals surface area contributed by atoms with Crippen LogP contribution in [0.15, 0.2) is 65.7 Å². The summed E-state index contributed by atoms with van der Waals surface area (Å²) in [6, 6.07) is 14.6. The molecule has 6 rings (SSSR count). The van der Waals surface area contributed by atoms with Crippen LogP contribution in [0.1, 0.15) is 23.9 Å². The van der Waals surface area contributed by atoms with Crippen LogP contribution in [0.5, 0.6) is 0 Å². The summed E-state index contributed by atoms with van der Waals surface area (Å²) in [5.41, 5.74) is 3.65. The van der Waals surface area contributed by atoms with Gasteiger partial charge in [-0.1, -0.05) is 11.6 Å². The lowest BCUT2D eigenvalue weighted by Gasteiger charge is -2.19. The molecule has 1 aliphatic heterocycles. The summed E-state index contributed by atoms with van der Waals surface area (Å²) in [6.07, 6.45) is 1.39. The standard InChI is InChI=1S/C28H24ClFN8O4/c1-42-11-10-36(28(40)41)19-5-2-16(3-6-19)27-32-25(26(30)33-27)23-9-7-20-12-17(13-24(39)38(20)23)21-14-18(29)4-8-22(21)37-15-31-34-35-37/h2-6,8,12-15,23H,7,9-11H2,1H3,(H,32,33)(H,40,41)/t23-/m0/s1. The minimum Gasteiger partial charge on any atom is -0.465 e. The molecule has 0 saturated heterocycles. The second kappa shape index (κ2) is 11.2. The van der Waals surface area contributed by atoms with E-state index in [1.807, 2.05) is 6.07 Å². The zero-order valence-corrected chi connectivity index (χ0v) is 23.0. The van der Waals surface area contributed by atoms with Gasteiger partial charge in [-0.2, -0.15) is 9.07 Å². The minimum absolute atomic E-state index is 0.165. The zero-order valence-electron chi connectivity index (χ0n) is 22.2. The maximum atomic E-state index is 15.2. The molecule has 0 aliphatic carbocycles. The molecule has 0 fully saturated rings. The van der Waals surface area contributed by atoms with Crippen molar-refractivity contribution < 1.29 is 19.0 Å². The number of carbonyl (C=O) groups is 1. The molecule has 2 N–H and O–H groups in total. The van der Waals surface area contributed by atoms with Gasteiger partial charge in [0, 0.05) is 40.7 Å². The fourth-order valence-electron chi connectivity index (χ4n) is 5.27.